The fourth-order valence-corrected chi connectivity index (χ4v) is 4.39. The van der Waals surface area contributed by atoms with Crippen molar-refractivity contribution in [2.75, 3.05) is 0 Å². The molecule has 0 aliphatic rings. The number of amidine groups is 1. The van der Waals surface area contributed by atoms with Crippen LogP contribution in [0.25, 0.3) is 22.2 Å². The lowest BCUT2D eigenvalue weighted by Crippen LogP contribution is -2.11. The first kappa shape index (κ1) is 21.6. The normalized spacial score (nSPS) is 11.0. The molecule has 0 saturated carbocycles. The van der Waals surface area contributed by atoms with Crippen LogP contribution in [0.5, 0.6) is 5.75 Å². The number of hydrogen-bond acceptors (Lipinski definition) is 3. The molecule has 7 heteroatoms. The average molecular weight is 491 g/mol. The van der Waals surface area contributed by atoms with Crippen LogP contribution < -0.4 is 11.5 Å². The van der Waals surface area contributed by atoms with Crippen LogP contribution in [0.3, 0.4) is 0 Å². The minimum absolute atomic E-state index is 0.000600. The van der Waals surface area contributed by atoms with E-state index in [1.165, 1.54) is 0 Å². The minimum atomic E-state index is -0.372. The fourth-order valence-electron chi connectivity index (χ4n) is 3.89. The maximum atomic E-state index is 11.3. The van der Waals surface area contributed by atoms with Crippen molar-refractivity contribution < 1.29 is 9.90 Å². The van der Waals surface area contributed by atoms with Gasteiger partial charge in [0, 0.05) is 34.9 Å². The molecule has 0 bridgehead atoms. The largest absolute Gasteiger partial charge is 0.506 e. The van der Waals surface area contributed by atoms with Crippen molar-refractivity contribution in [3.63, 3.8) is 0 Å². The number of primary amides is 1. The van der Waals surface area contributed by atoms with E-state index in [1.807, 2.05) is 36.4 Å². The molecule has 4 rings (SSSR count). The van der Waals surface area contributed by atoms with Crippen molar-refractivity contribution in [2.45, 2.75) is 19.3 Å². The Labute approximate surface area is 193 Å². The van der Waals surface area contributed by atoms with E-state index in [4.69, 9.17) is 16.9 Å². The number of phenolic OH excluding ortho intramolecular Hbond substituents is 1. The van der Waals surface area contributed by atoms with Gasteiger partial charge in [-0.2, -0.15) is 0 Å². The molecule has 1 aromatic heterocycles. The lowest BCUT2D eigenvalue weighted by Gasteiger charge is -2.12. The summed E-state index contributed by atoms with van der Waals surface area (Å²) >= 11 is 3.44. The molecule has 4 aromatic rings. The van der Waals surface area contributed by atoms with Gasteiger partial charge in [-0.25, -0.2) is 0 Å². The number of hydrogen-bond donors (Lipinski definition) is 5. The van der Waals surface area contributed by atoms with Crippen LogP contribution >= 0.6 is 15.9 Å². The van der Waals surface area contributed by atoms with Gasteiger partial charge in [0.1, 0.15) is 11.6 Å². The topological polar surface area (TPSA) is 129 Å². The molecule has 0 radical (unpaired) electrons. The van der Waals surface area contributed by atoms with Crippen molar-refractivity contribution >= 4 is 38.6 Å². The Morgan fingerprint density at radius 1 is 1.03 bits per heavy atom. The van der Waals surface area contributed by atoms with Crippen LogP contribution in [0.2, 0.25) is 0 Å². The van der Waals surface area contributed by atoms with Gasteiger partial charge in [-0.05, 0) is 69.4 Å². The van der Waals surface area contributed by atoms with Crippen molar-refractivity contribution in [1.82, 2.24) is 4.98 Å². The van der Waals surface area contributed by atoms with Crippen molar-refractivity contribution in [3.8, 4) is 17.0 Å². The number of halogens is 1. The van der Waals surface area contributed by atoms with Crippen molar-refractivity contribution in [1.29, 1.82) is 5.41 Å². The Balaban J connectivity index is 1.92. The van der Waals surface area contributed by atoms with E-state index in [9.17, 15) is 9.90 Å². The zero-order chi connectivity index (χ0) is 22.8. The maximum absolute atomic E-state index is 11.3. The molecular formula is C25H23BrN4O2. The first-order chi connectivity index (χ1) is 15.3. The molecule has 3 aromatic carbocycles. The number of phenols is 1. The number of carbonyl (C=O) groups excluding carboxylic acids is 1. The number of carbonyl (C=O) groups is 1. The van der Waals surface area contributed by atoms with Gasteiger partial charge in [0.2, 0.25) is 5.91 Å². The predicted octanol–water partition coefficient (Wildman–Crippen LogP) is 4.60. The fraction of sp³-hybridized carbons (Fsp3) is 0.120. The first-order valence-corrected chi connectivity index (χ1v) is 11.0. The summed E-state index contributed by atoms with van der Waals surface area (Å²) in [6.07, 6.45) is 1.33. The summed E-state index contributed by atoms with van der Waals surface area (Å²) in [5.74, 6) is -0.261. The molecule has 0 aliphatic carbocycles. The number of nitrogen functional groups attached to an aromatic ring is 1. The Morgan fingerprint density at radius 2 is 1.78 bits per heavy atom. The van der Waals surface area contributed by atoms with Crippen molar-refractivity contribution in [2.24, 2.45) is 11.5 Å². The van der Waals surface area contributed by atoms with Gasteiger partial charge in [0.25, 0.3) is 0 Å². The minimum Gasteiger partial charge on any atom is -0.506 e. The summed E-state index contributed by atoms with van der Waals surface area (Å²) in [5, 5.41) is 19.7. The molecule has 1 amide bonds. The number of rotatable bonds is 7. The molecular weight excluding hydrogens is 468 g/mol. The lowest BCUT2D eigenvalue weighted by molar-refractivity contribution is -0.117. The Kier molecular flexibility index (Phi) is 6.01. The highest BCUT2D eigenvalue weighted by atomic mass is 79.9. The van der Waals surface area contributed by atoms with Crippen LogP contribution in [0.15, 0.2) is 65.1 Å². The third kappa shape index (κ3) is 4.38. The highest BCUT2D eigenvalue weighted by molar-refractivity contribution is 9.10. The van der Waals surface area contributed by atoms with E-state index >= 15 is 0 Å². The van der Waals surface area contributed by atoms with Crippen LogP contribution in [-0.2, 0) is 17.6 Å². The van der Waals surface area contributed by atoms with E-state index in [-0.39, 0.29) is 23.9 Å². The second-order valence-electron chi connectivity index (χ2n) is 7.76. The van der Waals surface area contributed by atoms with E-state index in [0.717, 1.165) is 33.3 Å². The van der Waals surface area contributed by atoms with E-state index < -0.39 is 0 Å². The highest BCUT2D eigenvalue weighted by Gasteiger charge is 2.19. The van der Waals surface area contributed by atoms with Gasteiger partial charge in [-0.3, -0.25) is 10.2 Å². The van der Waals surface area contributed by atoms with E-state index in [0.29, 0.717) is 28.4 Å². The van der Waals surface area contributed by atoms with Gasteiger partial charge < -0.3 is 21.6 Å². The summed E-state index contributed by atoms with van der Waals surface area (Å²) in [7, 11) is 0. The quantitative estimate of drug-likeness (QED) is 0.191. The third-order valence-corrected chi connectivity index (χ3v) is 6.10. The standard InChI is InChI=1S/C25H23BrN4O2/c26-20-12-15(6-9-22(27)31)11-19(24(20)32)23-18(10-14-4-2-1-3-5-14)17-13-16(25(28)29)7-8-21(17)30-23/h1-5,7-8,11-13,30,32H,6,9-10H2,(H2,27,31)(H3,28,29). The summed E-state index contributed by atoms with van der Waals surface area (Å²) in [5.41, 5.74) is 17.0. The van der Waals surface area contributed by atoms with Crippen LogP contribution in [0, 0.1) is 5.41 Å². The first-order valence-electron chi connectivity index (χ1n) is 10.2. The second kappa shape index (κ2) is 8.88. The zero-order valence-corrected chi connectivity index (χ0v) is 18.9. The third-order valence-electron chi connectivity index (χ3n) is 5.49. The SMILES string of the molecule is N=C(N)c1ccc2[nH]c(-c3cc(CCC(N)=O)cc(Br)c3O)c(Cc3ccccc3)c2c1. The number of aromatic hydroxyl groups is 1. The van der Waals surface area contributed by atoms with Gasteiger partial charge >= 0.3 is 0 Å². The molecule has 7 N–H and O–H groups in total. The van der Waals surface area contributed by atoms with Gasteiger partial charge in [0.05, 0.1) is 10.2 Å². The van der Waals surface area contributed by atoms with Gasteiger partial charge in [-0.1, -0.05) is 30.3 Å². The molecule has 0 saturated heterocycles. The number of amides is 1. The number of nitrogens with one attached hydrogen (secondary N) is 2. The van der Waals surface area contributed by atoms with Crippen LogP contribution in [0.1, 0.15) is 28.7 Å². The summed E-state index contributed by atoms with van der Waals surface area (Å²) < 4.78 is 0.545. The Hall–Kier alpha value is -3.58. The summed E-state index contributed by atoms with van der Waals surface area (Å²) in [6.45, 7) is 0. The number of H-pyrrole nitrogens is 1. The second-order valence-corrected chi connectivity index (χ2v) is 8.61. The molecule has 1 heterocycles. The molecule has 0 atom stereocenters. The van der Waals surface area contributed by atoms with Crippen molar-refractivity contribution in [3.05, 3.63) is 87.4 Å². The van der Waals surface area contributed by atoms with E-state index in [1.54, 1.807) is 12.1 Å². The average Bonchev–Trinajstić information content (AvgIpc) is 3.12. The van der Waals surface area contributed by atoms with E-state index in [2.05, 4.69) is 33.0 Å². The maximum Gasteiger partial charge on any atom is 0.217 e. The molecule has 0 unspecified atom stereocenters. The predicted molar refractivity (Wildman–Crippen MR) is 131 cm³/mol. The molecule has 0 spiro atoms. The molecule has 162 valence electrons. The van der Waals surface area contributed by atoms with Gasteiger partial charge in [0.15, 0.2) is 0 Å². The number of aromatic amines is 1. The zero-order valence-electron chi connectivity index (χ0n) is 17.3. The number of benzene rings is 3. The molecule has 0 fully saturated rings. The highest BCUT2D eigenvalue weighted by Crippen LogP contribution is 2.41. The number of aromatic nitrogens is 1. The van der Waals surface area contributed by atoms with Gasteiger partial charge in [-0.15, -0.1) is 0 Å². The Morgan fingerprint density at radius 3 is 2.47 bits per heavy atom. The number of aryl methyl sites for hydroxylation is 1. The van der Waals surface area contributed by atoms with Crippen LogP contribution in [-0.4, -0.2) is 21.8 Å². The molecule has 0 aliphatic heterocycles. The summed E-state index contributed by atoms with van der Waals surface area (Å²) in [6, 6.07) is 19.3. The smallest absolute Gasteiger partial charge is 0.217 e. The monoisotopic (exact) mass is 490 g/mol. The Bertz CT molecular complexity index is 1330. The molecule has 6 nitrogen and oxygen atoms in total. The van der Waals surface area contributed by atoms with Crippen LogP contribution in [0.4, 0.5) is 0 Å². The molecule has 32 heavy (non-hydrogen) atoms. The number of nitrogens with two attached hydrogens (primary N) is 2. The summed E-state index contributed by atoms with van der Waals surface area (Å²) in [4.78, 5) is 14.7. The lowest BCUT2D eigenvalue weighted by atomic mass is 9.96. The number of fused-ring (bicyclic) bond motifs is 1.